The molecule has 2 fully saturated rings. The molecule has 2 rings (SSSR count). The maximum Gasteiger partial charge on any atom is 0.0464 e. The standard InChI is InChI=1S/C11H22N2/c1-9(2)7-13-8-11(10(13)3)5-4-6-12-11/h9-10,12H,4-8H2,1-3H3. The molecule has 13 heavy (non-hydrogen) atoms. The first kappa shape index (κ1) is 9.47. The van der Waals surface area contributed by atoms with Crippen LogP contribution in [0.4, 0.5) is 0 Å². The Kier molecular flexibility index (Phi) is 2.37. The fourth-order valence-electron chi connectivity index (χ4n) is 2.88. The van der Waals surface area contributed by atoms with Gasteiger partial charge in [-0.15, -0.1) is 0 Å². The van der Waals surface area contributed by atoms with Gasteiger partial charge >= 0.3 is 0 Å². The Labute approximate surface area is 81.7 Å². The Morgan fingerprint density at radius 2 is 2.31 bits per heavy atom. The van der Waals surface area contributed by atoms with Crippen molar-refractivity contribution in [2.24, 2.45) is 5.92 Å². The molecule has 0 aliphatic carbocycles. The summed E-state index contributed by atoms with van der Waals surface area (Å²) in [5, 5.41) is 3.68. The first-order chi connectivity index (χ1) is 6.14. The van der Waals surface area contributed by atoms with Crippen LogP contribution in [0, 0.1) is 5.92 Å². The summed E-state index contributed by atoms with van der Waals surface area (Å²) >= 11 is 0. The minimum Gasteiger partial charge on any atom is -0.309 e. The maximum absolute atomic E-state index is 3.68. The van der Waals surface area contributed by atoms with Crippen LogP contribution < -0.4 is 5.32 Å². The fourth-order valence-corrected chi connectivity index (χ4v) is 2.88. The second-order valence-electron chi connectivity index (χ2n) is 5.19. The number of nitrogens with one attached hydrogen (secondary N) is 1. The molecule has 1 spiro atoms. The van der Waals surface area contributed by atoms with Gasteiger partial charge in [-0.05, 0) is 32.2 Å². The Bertz CT molecular complexity index is 183. The van der Waals surface area contributed by atoms with Gasteiger partial charge in [0.2, 0.25) is 0 Å². The van der Waals surface area contributed by atoms with Crippen molar-refractivity contribution in [2.45, 2.75) is 45.2 Å². The van der Waals surface area contributed by atoms with Crippen molar-refractivity contribution in [3.05, 3.63) is 0 Å². The number of nitrogens with zero attached hydrogens (tertiary/aromatic N) is 1. The van der Waals surface area contributed by atoms with Crippen molar-refractivity contribution in [3.63, 3.8) is 0 Å². The largest absolute Gasteiger partial charge is 0.309 e. The van der Waals surface area contributed by atoms with E-state index in [9.17, 15) is 0 Å². The minimum atomic E-state index is 0.509. The van der Waals surface area contributed by atoms with Crippen LogP contribution >= 0.6 is 0 Å². The van der Waals surface area contributed by atoms with E-state index in [2.05, 4.69) is 31.0 Å². The second kappa shape index (κ2) is 3.25. The second-order valence-corrected chi connectivity index (χ2v) is 5.19. The number of hydrogen-bond donors (Lipinski definition) is 1. The van der Waals surface area contributed by atoms with E-state index in [0.29, 0.717) is 5.54 Å². The molecule has 0 saturated carbocycles. The molecule has 0 aromatic rings. The van der Waals surface area contributed by atoms with Gasteiger partial charge in [-0.3, -0.25) is 4.90 Å². The van der Waals surface area contributed by atoms with E-state index in [0.717, 1.165) is 12.0 Å². The van der Waals surface area contributed by atoms with Gasteiger partial charge in [0.25, 0.3) is 0 Å². The van der Waals surface area contributed by atoms with E-state index in [1.807, 2.05) is 0 Å². The molecular formula is C11H22N2. The van der Waals surface area contributed by atoms with Crippen LogP contribution in [0.5, 0.6) is 0 Å². The van der Waals surface area contributed by atoms with Gasteiger partial charge in [0, 0.05) is 24.7 Å². The van der Waals surface area contributed by atoms with Crippen molar-refractivity contribution in [1.29, 1.82) is 0 Å². The fraction of sp³-hybridized carbons (Fsp3) is 1.00. The van der Waals surface area contributed by atoms with Crippen molar-refractivity contribution in [2.75, 3.05) is 19.6 Å². The van der Waals surface area contributed by atoms with E-state index >= 15 is 0 Å². The van der Waals surface area contributed by atoms with E-state index in [-0.39, 0.29) is 0 Å². The molecule has 2 heteroatoms. The van der Waals surface area contributed by atoms with Gasteiger partial charge in [0.1, 0.15) is 0 Å². The topological polar surface area (TPSA) is 15.3 Å². The third-order valence-corrected chi connectivity index (χ3v) is 3.71. The Hall–Kier alpha value is -0.0800. The Morgan fingerprint density at radius 3 is 2.77 bits per heavy atom. The number of hydrogen-bond acceptors (Lipinski definition) is 2. The monoisotopic (exact) mass is 182 g/mol. The molecule has 0 bridgehead atoms. The highest BCUT2D eigenvalue weighted by Crippen LogP contribution is 2.36. The molecule has 2 atom stereocenters. The predicted molar refractivity (Wildman–Crippen MR) is 55.8 cm³/mol. The van der Waals surface area contributed by atoms with Crippen LogP contribution in [0.3, 0.4) is 0 Å². The molecule has 1 N–H and O–H groups in total. The molecule has 2 aliphatic rings. The zero-order chi connectivity index (χ0) is 9.47. The van der Waals surface area contributed by atoms with Gasteiger partial charge in [0.05, 0.1) is 0 Å². The first-order valence-corrected chi connectivity index (χ1v) is 5.63. The zero-order valence-electron chi connectivity index (χ0n) is 9.14. The summed E-state index contributed by atoms with van der Waals surface area (Å²) in [5.74, 6) is 0.807. The molecule has 0 amide bonds. The normalized spacial score (nSPS) is 40.2. The van der Waals surface area contributed by atoms with Crippen LogP contribution in [-0.4, -0.2) is 36.1 Å². The van der Waals surface area contributed by atoms with Crippen molar-refractivity contribution >= 4 is 0 Å². The summed E-state index contributed by atoms with van der Waals surface area (Å²) in [6, 6.07) is 0.761. The SMILES string of the molecule is CC(C)CN1CC2(CCCN2)C1C. The Balaban J connectivity index is 1.88. The van der Waals surface area contributed by atoms with Gasteiger partial charge in [-0.1, -0.05) is 13.8 Å². The quantitative estimate of drug-likeness (QED) is 0.695. The van der Waals surface area contributed by atoms with E-state index in [4.69, 9.17) is 0 Å². The lowest BCUT2D eigenvalue weighted by Gasteiger charge is -2.55. The summed E-state index contributed by atoms with van der Waals surface area (Å²) < 4.78 is 0. The summed E-state index contributed by atoms with van der Waals surface area (Å²) in [5.41, 5.74) is 0.509. The highest BCUT2D eigenvalue weighted by molar-refractivity contribution is 5.11. The summed E-state index contributed by atoms with van der Waals surface area (Å²) in [6.07, 6.45) is 2.77. The maximum atomic E-state index is 3.68. The molecular weight excluding hydrogens is 160 g/mol. The average molecular weight is 182 g/mol. The van der Waals surface area contributed by atoms with E-state index in [1.165, 1.54) is 32.5 Å². The number of rotatable bonds is 2. The van der Waals surface area contributed by atoms with Crippen molar-refractivity contribution in [3.8, 4) is 0 Å². The molecule has 2 nitrogen and oxygen atoms in total. The molecule has 2 heterocycles. The van der Waals surface area contributed by atoms with Crippen LogP contribution in [0.2, 0.25) is 0 Å². The minimum absolute atomic E-state index is 0.509. The van der Waals surface area contributed by atoms with Gasteiger partial charge in [-0.25, -0.2) is 0 Å². The first-order valence-electron chi connectivity index (χ1n) is 5.63. The molecule has 2 saturated heterocycles. The number of likely N-dealkylation sites (tertiary alicyclic amines) is 1. The summed E-state index contributed by atoms with van der Waals surface area (Å²) in [7, 11) is 0. The summed E-state index contributed by atoms with van der Waals surface area (Å²) in [4.78, 5) is 2.61. The van der Waals surface area contributed by atoms with Gasteiger partial charge < -0.3 is 5.32 Å². The summed E-state index contributed by atoms with van der Waals surface area (Å²) in [6.45, 7) is 10.8. The third-order valence-electron chi connectivity index (χ3n) is 3.71. The van der Waals surface area contributed by atoms with Crippen molar-refractivity contribution < 1.29 is 0 Å². The lowest BCUT2D eigenvalue weighted by atomic mass is 9.79. The van der Waals surface area contributed by atoms with Gasteiger partial charge in [-0.2, -0.15) is 0 Å². The predicted octanol–water partition coefficient (Wildman–Crippen LogP) is 1.47. The van der Waals surface area contributed by atoms with E-state index in [1.54, 1.807) is 0 Å². The highest BCUT2D eigenvalue weighted by Gasteiger charge is 2.50. The van der Waals surface area contributed by atoms with Gasteiger partial charge in [0.15, 0.2) is 0 Å². The average Bonchev–Trinajstić information content (AvgIpc) is 2.53. The van der Waals surface area contributed by atoms with Crippen molar-refractivity contribution in [1.82, 2.24) is 10.2 Å². The molecule has 0 aromatic carbocycles. The third kappa shape index (κ3) is 1.50. The smallest absolute Gasteiger partial charge is 0.0464 e. The van der Waals surface area contributed by atoms with Crippen LogP contribution in [0.1, 0.15) is 33.6 Å². The van der Waals surface area contributed by atoms with Crippen LogP contribution in [0.25, 0.3) is 0 Å². The molecule has 2 unspecified atom stereocenters. The molecule has 0 aromatic heterocycles. The van der Waals surface area contributed by atoms with E-state index < -0.39 is 0 Å². The molecule has 76 valence electrons. The van der Waals surface area contributed by atoms with Crippen LogP contribution in [-0.2, 0) is 0 Å². The highest BCUT2D eigenvalue weighted by atomic mass is 15.3. The Morgan fingerprint density at radius 1 is 1.54 bits per heavy atom. The molecule has 2 aliphatic heterocycles. The zero-order valence-corrected chi connectivity index (χ0v) is 9.14. The molecule has 0 radical (unpaired) electrons. The lowest BCUT2D eigenvalue weighted by Crippen LogP contribution is -2.72. The van der Waals surface area contributed by atoms with Crippen LogP contribution in [0.15, 0.2) is 0 Å². The lowest BCUT2D eigenvalue weighted by molar-refractivity contribution is -0.0196.